The molecule has 0 aromatic rings. The van der Waals surface area contributed by atoms with Crippen LogP contribution < -0.4 is 0 Å². The summed E-state index contributed by atoms with van der Waals surface area (Å²) >= 11 is 0. The summed E-state index contributed by atoms with van der Waals surface area (Å²) in [6.45, 7) is 11.7. The van der Waals surface area contributed by atoms with E-state index in [9.17, 15) is 0 Å². The molecule has 20 heavy (non-hydrogen) atoms. The Labute approximate surface area is 129 Å². The lowest BCUT2D eigenvalue weighted by molar-refractivity contribution is 0.422. The van der Waals surface area contributed by atoms with Gasteiger partial charge in [0.25, 0.3) is 0 Å². The molecule has 0 N–H and O–H groups in total. The van der Waals surface area contributed by atoms with Crippen molar-refractivity contribution in [2.75, 3.05) is 0 Å². The molecule has 0 nitrogen and oxygen atoms in total. The highest BCUT2D eigenvalue weighted by atomic mass is 14.2. The van der Waals surface area contributed by atoms with Crippen LogP contribution in [0.15, 0.2) is 11.6 Å². The van der Waals surface area contributed by atoms with Crippen LogP contribution in [0, 0.1) is 11.8 Å². The summed E-state index contributed by atoms with van der Waals surface area (Å²) in [4.78, 5) is 0. The van der Waals surface area contributed by atoms with Gasteiger partial charge in [-0.3, -0.25) is 0 Å². The van der Waals surface area contributed by atoms with Crippen LogP contribution in [0.5, 0.6) is 0 Å². The van der Waals surface area contributed by atoms with Crippen LogP contribution in [0.1, 0.15) is 105 Å². The highest BCUT2D eigenvalue weighted by Crippen LogP contribution is 2.25. The molecule has 0 saturated heterocycles. The molecule has 0 aromatic carbocycles. The van der Waals surface area contributed by atoms with Gasteiger partial charge in [0.05, 0.1) is 0 Å². The van der Waals surface area contributed by atoms with Gasteiger partial charge in [0.1, 0.15) is 0 Å². The minimum Gasteiger partial charge on any atom is -0.0853 e. The van der Waals surface area contributed by atoms with Gasteiger partial charge in [-0.15, -0.1) is 0 Å². The molecule has 0 bridgehead atoms. The Morgan fingerprint density at radius 1 is 0.800 bits per heavy atom. The van der Waals surface area contributed by atoms with Crippen LogP contribution in [-0.4, -0.2) is 0 Å². The van der Waals surface area contributed by atoms with E-state index in [4.69, 9.17) is 0 Å². The van der Waals surface area contributed by atoms with Gasteiger partial charge in [-0.2, -0.15) is 0 Å². The van der Waals surface area contributed by atoms with Crippen LogP contribution >= 0.6 is 0 Å². The van der Waals surface area contributed by atoms with Crippen LogP contribution in [0.4, 0.5) is 0 Å². The van der Waals surface area contributed by atoms with Gasteiger partial charge in [0, 0.05) is 0 Å². The molecule has 120 valence electrons. The van der Waals surface area contributed by atoms with Crippen LogP contribution in [-0.2, 0) is 0 Å². The second-order valence-corrected chi connectivity index (χ2v) is 6.57. The Morgan fingerprint density at radius 2 is 1.45 bits per heavy atom. The second-order valence-electron chi connectivity index (χ2n) is 6.57. The zero-order valence-corrected chi connectivity index (χ0v) is 15.0. The molecule has 2 atom stereocenters. The van der Waals surface area contributed by atoms with Crippen LogP contribution in [0.25, 0.3) is 0 Å². The van der Waals surface area contributed by atoms with E-state index in [1.807, 2.05) is 0 Å². The fourth-order valence-corrected chi connectivity index (χ4v) is 3.16. The molecule has 0 aliphatic rings. The van der Waals surface area contributed by atoms with Crippen LogP contribution in [0.2, 0.25) is 0 Å². The topological polar surface area (TPSA) is 0 Å². The fraction of sp³-hybridized carbons (Fsp3) is 0.900. The van der Waals surface area contributed by atoms with Crippen molar-refractivity contribution in [3.63, 3.8) is 0 Å². The first kappa shape index (κ1) is 19.7. The average Bonchev–Trinajstić information content (AvgIpc) is 2.46. The molecular weight excluding hydrogens is 240 g/mol. The predicted molar refractivity (Wildman–Crippen MR) is 94.2 cm³/mol. The number of hydrogen-bond donors (Lipinski definition) is 0. The molecule has 0 aromatic heterocycles. The lowest BCUT2D eigenvalue weighted by Crippen LogP contribution is -2.03. The van der Waals surface area contributed by atoms with Gasteiger partial charge in [0.15, 0.2) is 0 Å². The smallest absolute Gasteiger partial charge is 0.0206 e. The first-order valence-corrected chi connectivity index (χ1v) is 9.36. The van der Waals surface area contributed by atoms with E-state index in [0.29, 0.717) is 0 Å². The highest BCUT2D eigenvalue weighted by Gasteiger charge is 2.10. The maximum atomic E-state index is 2.56. The monoisotopic (exact) mass is 280 g/mol. The van der Waals surface area contributed by atoms with Crippen molar-refractivity contribution in [1.29, 1.82) is 0 Å². The van der Waals surface area contributed by atoms with Gasteiger partial charge in [-0.05, 0) is 44.4 Å². The summed E-state index contributed by atoms with van der Waals surface area (Å²) in [6, 6.07) is 0. The summed E-state index contributed by atoms with van der Waals surface area (Å²) in [7, 11) is 0. The maximum Gasteiger partial charge on any atom is -0.0206 e. The third-order valence-electron chi connectivity index (χ3n) is 4.77. The Bertz CT molecular complexity index is 226. The second kappa shape index (κ2) is 13.7. The first-order valence-electron chi connectivity index (χ1n) is 9.36. The van der Waals surface area contributed by atoms with Crippen molar-refractivity contribution in [3.8, 4) is 0 Å². The number of allylic oxidation sites excluding steroid dienone is 2. The fourth-order valence-electron chi connectivity index (χ4n) is 3.16. The van der Waals surface area contributed by atoms with Crippen molar-refractivity contribution < 1.29 is 0 Å². The maximum absolute atomic E-state index is 2.56. The summed E-state index contributed by atoms with van der Waals surface area (Å²) in [5.41, 5.74) is 1.67. The molecule has 0 heteroatoms. The molecule has 0 rings (SSSR count). The molecular formula is C20H40. The van der Waals surface area contributed by atoms with Crippen molar-refractivity contribution in [2.24, 2.45) is 11.8 Å². The van der Waals surface area contributed by atoms with Gasteiger partial charge in [0.2, 0.25) is 0 Å². The average molecular weight is 281 g/mol. The van der Waals surface area contributed by atoms with E-state index in [1.165, 1.54) is 70.6 Å². The molecule has 0 fully saturated rings. The Morgan fingerprint density at radius 3 is 2.00 bits per heavy atom. The first-order chi connectivity index (χ1) is 9.69. The normalized spacial score (nSPS) is 15.3. The van der Waals surface area contributed by atoms with Crippen molar-refractivity contribution in [2.45, 2.75) is 105 Å². The molecule has 2 unspecified atom stereocenters. The Hall–Kier alpha value is -0.260. The Balaban J connectivity index is 4.16. The van der Waals surface area contributed by atoms with E-state index < -0.39 is 0 Å². The Kier molecular flexibility index (Phi) is 13.5. The highest BCUT2D eigenvalue weighted by molar-refractivity contribution is 5.03. The third kappa shape index (κ3) is 9.61. The van der Waals surface area contributed by atoms with E-state index in [2.05, 4.69) is 40.7 Å². The molecule has 0 aliphatic carbocycles. The zero-order chi connectivity index (χ0) is 15.2. The third-order valence-corrected chi connectivity index (χ3v) is 4.77. The van der Waals surface area contributed by atoms with Crippen molar-refractivity contribution >= 4 is 0 Å². The van der Waals surface area contributed by atoms with Gasteiger partial charge in [-0.25, -0.2) is 0 Å². The number of hydrogen-bond acceptors (Lipinski definition) is 0. The predicted octanol–water partition coefficient (Wildman–Crippen LogP) is 7.54. The lowest BCUT2D eigenvalue weighted by Gasteiger charge is -2.18. The quantitative estimate of drug-likeness (QED) is 0.306. The van der Waals surface area contributed by atoms with E-state index in [-0.39, 0.29) is 0 Å². The van der Waals surface area contributed by atoms with E-state index in [1.54, 1.807) is 5.57 Å². The molecule has 0 amide bonds. The van der Waals surface area contributed by atoms with Crippen molar-refractivity contribution in [1.82, 2.24) is 0 Å². The summed E-state index contributed by atoms with van der Waals surface area (Å²) in [5, 5.41) is 0. The van der Waals surface area contributed by atoms with Gasteiger partial charge < -0.3 is 0 Å². The molecule has 0 saturated carbocycles. The minimum atomic E-state index is 0.857. The van der Waals surface area contributed by atoms with Gasteiger partial charge >= 0.3 is 0 Å². The van der Waals surface area contributed by atoms with Crippen LogP contribution in [0.3, 0.4) is 0 Å². The number of unbranched alkanes of at least 4 members (excludes halogenated alkanes) is 2. The molecule has 0 heterocycles. The standard InChI is InChI=1S/C20H40/c1-6-10-15-19(9-4)16-12-14-18(5)20(13-8-3)17-11-7-2/h14,19-20H,6-13,15-17H2,1-5H3. The summed E-state index contributed by atoms with van der Waals surface area (Å²) in [5.74, 6) is 1.81. The number of rotatable bonds is 13. The summed E-state index contributed by atoms with van der Waals surface area (Å²) in [6.07, 6.45) is 17.7. The SMILES string of the molecule is CCCCC(CC)CCC=C(C)C(CCC)CCCC. The summed E-state index contributed by atoms with van der Waals surface area (Å²) < 4.78 is 0. The molecule has 0 aliphatic heterocycles. The lowest BCUT2D eigenvalue weighted by atomic mass is 9.88. The van der Waals surface area contributed by atoms with Gasteiger partial charge in [-0.1, -0.05) is 84.3 Å². The van der Waals surface area contributed by atoms with E-state index in [0.717, 1.165) is 11.8 Å². The molecule has 0 radical (unpaired) electrons. The van der Waals surface area contributed by atoms with Crippen molar-refractivity contribution in [3.05, 3.63) is 11.6 Å². The minimum absolute atomic E-state index is 0.857. The largest absolute Gasteiger partial charge is 0.0853 e. The molecule has 0 spiro atoms. The van der Waals surface area contributed by atoms with E-state index >= 15 is 0 Å². The zero-order valence-electron chi connectivity index (χ0n) is 15.0.